The fourth-order valence-corrected chi connectivity index (χ4v) is 3.21. The second kappa shape index (κ2) is 7.16. The van der Waals surface area contributed by atoms with Gasteiger partial charge in [-0.05, 0) is 43.5 Å². The van der Waals surface area contributed by atoms with Crippen LogP contribution in [0.4, 0.5) is 0 Å². The number of rotatable bonds is 6. The van der Waals surface area contributed by atoms with Crippen molar-refractivity contribution in [2.75, 3.05) is 19.5 Å². The first-order valence-electron chi connectivity index (χ1n) is 7.22. The fraction of sp³-hybridized carbons (Fsp3) is 0.625. The molecule has 1 aliphatic rings. The number of halogens is 1. The molecule has 2 rings (SSSR count). The smallest absolute Gasteiger partial charge is 0.118 e. The van der Waals surface area contributed by atoms with Crippen molar-refractivity contribution in [1.82, 2.24) is 5.32 Å². The maximum absolute atomic E-state index is 6.18. The van der Waals surface area contributed by atoms with Gasteiger partial charge in [0.2, 0.25) is 0 Å². The third kappa shape index (κ3) is 4.12. The molecule has 2 nitrogen and oxygen atoms in total. The Morgan fingerprint density at radius 3 is 2.42 bits per heavy atom. The van der Waals surface area contributed by atoms with Gasteiger partial charge < -0.3 is 10.1 Å². The zero-order valence-corrected chi connectivity index (χ0v) is 12.5. The molecule has 19 heavy (non-hydrogen) atoms. The molecule has 1 aromatic carbocycles. The van der Waals surface area contributed by atoms with Gasteiger partial charge in [0.25, 0.3) is 0 Å². The average Bonchev–Trinajstić information content (AvgIpc) is 2.49. The van der Waals surface area contributed by atoms with Crippen LogP contribution in [-0.4, -0.2) is 25.1 Å². The molecule has 1 aromatic rings. The van der Waals surface area contributed by atoms with Crippen LogP contribution in [0.3, 0.4) is 0 Å². The number of methoxy groups -OCH3 is 1. The van der Waals surface area contributed by atoms with Crippen LogP contribution in [0, 0.1) is 0 Å². The van der Waals surface area contributed by atoms with E-state index in [-0.39, 0.29) is 5.54 Å². The van der Waals surface area contributed by atoms with E-state index in [9.17, 15) is 0 Å². The van der Waals surface area contributed by atoms with Gasteiger partial charge in [-0.3, -0.25) is 0 Å². The Kier molecular flexibility index (Phi) is 5.53. The summed E-state index contributed by atoms with van der Waals surface area (Å²) < 4.78 is 5.17. The maximum atomic E-state index is 6.18. The zero-order chi connectivity index (χ0) is 13.6. The van der Waals surface area contributed by atoms with Crippen LogP contribution in [0.2, 0.25) is 0 Å². The maximum Gasteiger partial charge on any atom is 0.118 e. The normalized spacial score (nSPS) is 18.2. The predicted octanol–water partition coefficient (Wildman–Crippen LogP) is 3.77. The lowest BCUT2D eigenvalue weighted by Gasteiger charge is -2.36. The van der Waals surface area contributed by atoms with Crippen molar-refractivity contribution in [3.05, 3.63) is 29.8 Å². The molecule has 0 spiro atoms. The zero-order valence-electron chi connectivity index (χ0n) is 11.8. The lowest BCUT2D eigenvalue weighted by Crippen LogP contribution is -2.49. The standard InChI is InChI=1S/C16H24ClNO/c1-19-15-7-5-14(6-8-15)9-12-18-16(13-17)10-3-2-4-11-16/h5-8,18H,2-4,9-13H2,1H3. The Hall–Kier alpha value is -0.730. The summed E-state index contributed by atoms with van der Waals surface area (Å²) in [6.45, 7) is 0.999. The molecule has 106 valence electrons. The predicted molar refractivity (Wildman–Crippen MR) is 81.2 cm³/mol. The van der Waals surface area contributed by atoms with Crippen LogP contribution in [0.1, 0.15) is 37.7 Å². The minimum Gasteiger partial charge on any atom is -0.497 e. The molecule has 0 radical (unpaired) electrons. The van der Waals surface area contributed by atoms with Gasteiger partial charge in [-0.25, -0.2) is 0 Å². The van der Waals surface area contributed by atoms with Gasteiger partial charge in [0.15, 0.2) is 0 Å². The molecule has 0 atom stereocenters. The largest absolute Gasteiger partial charge is 0.497 e. The van der Waals surface area contributed by atoms with Gasteiger partial charge in [-0.15, -0.1) is 11.6 Å². The molecule has 0 heterocycles. The van der Waals surface area contributed by atoms with E-state index >= 15 is 0 Å². The monoisotopic (exact) mass is 281 g/mol. The van der Waals surface area contributed by atoms with E-state index in [0.29, 0.717) is 0 Å². The summed E-state index contributed by atoms with van der Waals surface area (Å²) in [5, 5.41) is 3.70. The molecule has 1 N–H and O–H groups in total. The van der Waals surface area contributed by atoms with E-state index in [1.54, 1.807) is 7.11 Å². The van der Waals surface area contributed by atoms with Gasteiger partial charge in [-0.2, -0.15) is 0 Å². The second-order valence-electron chi connectivity index (χ2n) is 5.50. The molecule has 0 aromatic heterocycles. The molecular formula is C16H24ClNO. The molecule has 1 aliphatic carbocycles. The van der Waals surface area contributed by atoms with Gasteiger partial charge in [0.1, 0.15) is 5.75 Å². The summed E-state index contributed by atoms with van der Waals surface area (Å²) in [6.07, 6.45) is 7.46. The Balaban J connectivity index is 1.81. The van der Waals surface area contributed by atoms with E-state index in [1.165, 1.54) is 37.7 Å². The number of alkyl halides is 1. The Morgan fingerprint density at radius 2 is 1.84 bits per heavy atom. The highest BCUT2D eigenvalue weighted by Crippen LogP contribution is 2.29. The van der Waals surface area contributed by atoms with E-state index in [2.05, 4.69) is 17.4 Å². The van der Waals surface area contributed by atoms with Crippen LogP contribution in [0.5, 0.6) is 5.75 Å². The number of hydrogen-bond donors (Lipinski definition) is 1. The van der Waals surface area contributed by atoms with Crippen molar-refractivity contribution in [2.24, 2.45) is 0 Å². The Labute approximate surface area is 121 Å². The van der Waals surface area contributed by atoms with Crippen LogP contribution >= 0.6 is 11.6 Å². The minimum absolute atomic E-state index is 0.187. The number of ether oxygens (including phenoxy) is 1. The third-order valence-corrected chi connectivity index (χ3v) is 4.65. The van der Waals surface area contributed by atoms with Gasteiger partial charge >= 0.3 is 0 Å². The highest BCUT2D eigenvalue weighted by molar-refractivity contribution is 6.18. The highest BCUT2D eigenvalue weighted by atomic mass is 35.5. The van der Waals surface area contributed by atoms with Crippen LogP contribution in [0.25, 0.3) is 0 Å². The molecule has 0 unspecified atom stereocenters. The van der Waals surface area contributed by atoms with Crippen molar-refractivity contribution in [1.29, 1.82) is 0 Å². The lowest BCUT2D eigenvalue weighted by molar-refractivity contribution is 0.260. The average molecular weight is 282 g/mol. The highest BCUT2D eigenvalue weighted by Gasteiger charge is 2.29. The van der Waals surface area contributed by atoms with Crippen molar-refractivity contribution in [3.63, 3.8) is 0 Å². The van der Waals surface area contributed by atoms with Crippen molar-refractivity contribution in [3.8, 4) is 5.75 Å². The molecule has 0 saturated heterocycles. The van der Waals surface area contributed by atoms with Crippen LogP contribution < -0.4 is 10.1 Å². The summed E-state index contributed by atoms with van der Waals surface area (Å²) >= 11 is 6.18. The first-order chi connectivity index (χ1) is 9.28. The molecule has 1 saturated carbocycles. The topological polar surface area (TPSA) is 21.3 Å². The van der Waals surface area contributed by atoms with Gasteiger partial charge in [0, 0.05) is 11.4 Å². The van der Waals surface area contributed by atoms with E-state index in [1.807, 2.05) is 12.1 Å². The van der Waals surface area contributed by atoms with Gasteiger partial charge in [-0.1, -0.05) is 31.4 Å². The van der Waals surface area contributed by atoms with Gasteiger partial charge in [0.05, 0.1) is 7.11 Å². The van der Waals surface area contributed by atoms with E-state index in [0.717, 1.165) is 24.6 Å². The SMILES string of the molecule is COc1ccc(CCNC2(CCl)CCCCC2)cc1. The van der Waals surface area contributed by atoms with E-state index in [4.69, 9.17) is 16.3 Å². The third-order valence-electron chi connectivity index (χ3n) is 4.14. The molecule has 1 fully saturated rings. The molecule has 0 amide bonds. The number of nitrogens with one attached hydrogen (secondary N) is 1. The van der Waals surface area contributed by atoms with E-state index < -0.39 is 0 Å². The second-order valence-corrected chi connectivity index (χ2v) is 5.77. The van der Waals surface area contributed by atoms with Crippen LogP contribution in [0.15, 0.2) is 24.3 Å². The fourth-order valence-electron chi connectivity index (χ4n) is 2.85. The van der Waals surface area contributed by atoms with Crippen molar-refractivity contribution < 1.29 is 4.74 Å². The van der Waals surface area contributed by atoms with Crippen molar-refractivity contribution in [2.45, 2.75) is 44.1 Å². The van der Waals surface area contributed by atoms with Crippen molar-refractivity contribution >= 4 is 11.6 Å². The molecule has 0 aliphatic heterocycles. The molecule has 0 bridgehead atoms. The summed E-state index contributed by atoms with van der Waals surface area (Å²) in [5.74, 6) is 1.65. The van der Waals surface area contributed by atoms with Crippen LogP contribution in [-0.2, 0) is 6.42 Å². The summed E-state index contributed by atoms with van der Waals surface area (Å²) in [7, 11) is 1.70. The minimum atomic E-state index is 0.187. The molecular weight excluding hydrogens is 258 g/mol. The summed E-state index contributed by atoms with van der Waals surface area (Å²) in [5.41, 5.74) is 1.53. The first-order valence-corrected chi connectivity index (χ1v) is 7.75. The molecule has 3 heteroatoms. The quantitative estimate of drug-likeness (QED) is 0.802. The summed E-state index contributed by atoms with van der Waals surface area (Å²) in [6, 6.07) is 8.31. The first kappa shape index (κ1) is 14.7. The summed E-state index contributed by atoms with van der Waals surface area (Å²) in [4.78, 5) is 0. The lowest BCUT2D eigenvalue weighted by atomic mass is 9.83. The Morgan fingerprint density at radius 1 is 1.16 bits per heavy atom. The number of hydrogen-bond acceptors (Lipinski definition) is 2. The number of benzene rings is 1. The Bertz CT molecular complexity index is 371.